The summed E-state index contributed by atoms with van der Waals surface area (Å²) < 4.78 is 20.1. The van der Waals surface area contributed by atoms with E-state index in [0.717, 1.165) is 24.0 Å². The highest BCUT2D eigenvalue weighted by Crippen LogP contribution is 2.29. The number of halogens is 1. The van der Waals surface area contributed by atoms with Crippen LogP contribution in [0.4, 0.5) is 4.39 Å². The Morgan fingerprint density at radius 3 is 2.33 bits per heavy atom. The molecule has 0 saturated carbocycles. The van der Waals surface area contributed by atoms with Crippen LogP contribution in [0.25, 0.3) is 11.1 Å². The molecule has 2 aromatic carbocycles. The molecule has 1 N–H and O–H groups in total. The average molecular weight is 370 g/mol. The first-order valence-corrected chi connectivity index (χ1v) is 9.36. The summed E-state index contributed by atoms with van der Waals surface area (Å²) in [7, 11) is 0. The van der Waals surface area contributed by atoms with Crippen molar-refractivity contribution in [2.45, 2.75) is 46.1 Å². The monoisotopic (exact) mass is 370 g/mol. The molecule has 4 heteroatoms. The van der Waals surface area contributed by atoms with E-state index in [1.807, 2.05) is 31.2 Å². The Morgan fingerprint density at radius 1 is 1.07 bits per heavy atom. The molecule has 2 aromatic rings. The van der Waals surface area contributed by atoms with Crippen LogP contribution in [0.2, 0.25) is 0 Å². The summed E-state index contributed by atoms with van der Waals surface area (Å²) in [5.41, 5.74) is 4.14. The Labute approximate surface area is 160 Å². The van der Waals surface area contributed by atoms with E-state index in [1.165, 1.54) is 0 Å². The first kappa shape index (κ1) is 20.8. The van der Waals surface area contributed by atoms with Gasteiger partial charge >= 0.3 is 5.97 Å². The highest BCUT2D eigenvalue weighted by atomic mass is 19.1. The molecule has 2 rings (SSSR count). The fraction of sp³-hybridized carbons (Fsp3) is 0.348. The summed E-state index contributed by atoms with van der Waals surface area (Å²) in [5, 5.41) is 9.19. The van der Waals surface area contributed by atoms with Crippen LogP contribution in [0.3, 0.4) is 0 Å². The van der Waals surface area contributed by atoms with E-state index in [2.05, 4.69) is 13.5 Å². The van der Waals surface area contributed by atoms with Gasteiger partial charge in [0.05, 0.1) is 0 Å². The molecule has 0 atom stereocenters. The second kappa shape index (κ2) is 10.0. The van der Waals surface area contributed by atoms with Crippen LogP contribution < -0.4 is 0 Å². The number of carbonyl (C=O) groups is 1. The predicted molar refractivity (Wildman–Crippen MR) is 106 cm³/mol. The van der Waals surface area contributed by atoms with Gasteiger partial charge in [-0.3, -0.25) is 0 Å². The van der Waals surface area contributed by atoms with E-state index in [9.17, 15) is 14.3 Å². The number of hydrogen-bond donors (Lipinski definition) is 1. The number of esters is 1. The van der Waals surface area contributed by atoms with Gasteiger partial charge in [-0.2, -0.15) is 0 Å². The number of aliphatic hydroxyl groups excluding tert-OH is 1. The smallest absolute Gasteiger partial charge is 0.333 e. The van der Waals surface area contributed by atoms with Crippen LogP contribution >= 0.6 is 0 Å². The maximum atomic E-state index is 14.7. The summed E-state index contributed by atoms with van der Waals surface area (Å²) in [6.45, 7) is 7.63. The van der Waals surface area contributed by atoms with Crippen molar-refractivity contribution in [1.29, 1.82) is 0 Å². The lowest BCUT2D eigenvalue weighted by atomic mass is 9.95. The SMILES string of the molecule is C=C(CC)C(=O)OCc1cc(CCO)ccc1-c1ccc(CCC)cc1F. The number of aliphatic hydroxyl groups is 1. The van der Waals surface area contributed by atoms with Crippen molar-refractivity contribution >= 4 is 5.97 Å². The Kier molecular flexibility index (Phi) is 7.74. The molecule has 0 amide bonds. The fourth-order valence-corrected chi connectivity index (χ4v) is 2.92. The molecule has 0 unspecified atom stereocenters. The lowest BCUT2D eigenvalue weighted by molar-refractivity contribution is -0.140. The van der Waals surface area contributed by atoms with Crippen molar-refractivity contribution in [3.05, 3.63) is 71.1 Å². The van der Waals surface area contributed by atoms with E-state index in [0.29, 0.717) is 35.1 Å². The van der Waals surface area contributed by atoms with Gasteiger partial charge in [-0.1, -0.05) is 57.2 Å². The molecule has 0 fully saturated rings. The van der Waals surface area contributed by atoms with Crippen molar-refractivity contribution in [2.24, 2.45) is 0 Å². The van der Waals surface area contributed by atoms with E-state index in [-0.39, 0.29) is 19.0 Å². The van der Waals surface area contributed by atoms with Crippen LogP contribution in [0.5, 0.6) is 0 Å². The van der Waals surface area contributed by atoms with E-state index < -0.39 is 5.97 Å². The number of benzene rings is 2. The van der Waals surface area contributed by atoms with Crippen molar-refractivity contribution < 1.29 is 19.0 Å². The molecular formula is C23H27FO3. The van der Waals surface area contributed by atoms with Gasteiger partial charge in [0, 0.05) is 17.7 Å². The molecule has 27 heavy (non-hydrogen) atoms. The molecule has 0 aromatic heterocycles. The molecule has 0 aliphatic carbocycles. The molecule has 0 bridgehead atoms. The van der Waals surface area contributed by atoms with E-state index >= 15 is 0 Å². The average Bonchev–Trinajstić information content (AvgIpc) is 2.66. The van der Waals surface area contributed by atoms with Crippen LogP contribution in [-0.4, -0.2) is 17.7 Å². The van der Waals surface area contributed by atoms with Gasteiger partial charge < -0.3 is 9.84 Å². The molecule has 0 aliphatic heterocycles. The summed E-state index contributed by atoms with van der Waals surface area (Å²) in [6, 6.07) is 10.8. The number of ether oxygens (including phenoxy) is 1. The van der Waals surface area contributed by atoms with E-state index in [1.54, 1.807) is 12.1 Å². The molecule has 3 nitrogen and oxygen atoms in total. The number of hydrogen-bond acceptors (Lipinski definition) is 3. The Hall–Kier alpha value is -2.46. The van der Waals surface area contributed by atoms with Crippen LogP contribution in [-0.2, 0) is 29.0 Å². The highest BCUT2D eigenvalue weighted by Gasteiger charge is 2.14. The first-order valence-electron chi connectivity index (χ1n) is 9.36. The lowest BCUT2D eigenvalue weighted by Crippen LogP contribution is -2.08. The zero-order valence-corrected chi connectivity index (χ0v) is 16.1. The second-order valence-corrected chi connectivity index (χ2v) is 6.56. The van der Waals surface area contributed by atoms with Crippen LogP contribution in [0.15, 0.2) is 48.6 Å². The summed E-state index contributed by atoms with van der Waals surface area (Å²) in [5.74, 6) is -0.740. The maximum absolute atomic E-state index is 14.7. The third-order valence-corrected chi connectivity index (χ3v) is 4.51. The molecular weight excluding hydrogens is 343 g/mol. The molecule has 0 aliphatic rings. The fourth-order valence-electron chi connectivity index (χ4n) is 2.92. The molecule has 0 spiro atoms. The molecule has 0 radical (unpaired) electrons. The van der Waals surface area contributed by atoms with Crippen molar-refractivity contribution in [3.8, 4) is 11.1 Å². The number of aryl methyl sites for hydroxylation is 1. The third-order valence-electron chi connectivity index (χ3n) is 4.51. The summed E-state index contributed by atoms with van der Waals surface area (Å²) in [4.78, 5) is 12.0. The van der Waals surface area contributed by atoms with Crippen LogP contribution in [0.1, 0.15) is 43.4 Å². The van der Waals surface area contributed by atoms with Gasteiger partial charge in [0.2, 0.25) is 0 Å². The second-order valence-electron chi connectivity index (χ2n) is 6.56. The van der Waals surface area contributed by atoms with Crippen molar-refractivity contribution in [2.75, 3.05) is 6.61 Å². The summed E-state index contributed by atoms with van der Waals surface area (Å²) in [6.07, 6.45) is 2.79. The lowest BCUT2D eigenvalue weighted by Gasteiger charge is -2.14. The molecule has 144 valence electrons. The normalized spacial score (nSPS) is 10.7. The van der Waals surface area contributed by atoms with Gasteiger partial charge in [-0.25, -0.2) is 9.18 Å². The number of carbonyl (C=O) groups excluding carboxylic acids is 1. The zero-order chi connectivity index (χ0) is 19.8. The molecule has 0 heterocycles. The van der Waals surface area contributed by atoms with Gasteiger partial charge in [0.15, 0.2) is 0 Å². The van der Waals surface area contributed by atoms with E-state index in [4.69, 9.17) is 4.74 Å². The summed E-state index contributed by atoms with van der Waals surface area (Å²) >= 11 is 0. The van der Waals surface area contributed by atoms with Gasteiger partial charge in [0.25, 0.3) is 0 Å². The Balaban J connectivity index is 2.37. The Bertz CT molecular complexity index is 811. The largest absolute Gasteiger partial charge is 0.457 e. The minimum absolute atomic E-state index is 0.0191. The zero-order valence-electron chi connectivity index (χ0n) is 16.1. The minimum atomic E-state index is -0.449. The van der Waals surface area contributed by atoms with Gasteiger partial charge in [0.1, 0.15) is 12.4 Å². The van der Waals surface area contributed by atoms with Gasteiger partial charge in [-0.05, 0) is 47.6 Å². The quantitative estimate of drug-likeness (QED) is 0.500. The third kappa shape index (κ3) is 5.51. The highest BCUT2D eigenvalue weighted by molar-refractivity contribution is 5.87. The topological polar surface area (TPSA) is 46.5 Å². The molecule has 0 saturated heterocycles. The predicted octanol–water partition coefficient (Wildman–Crippen LogP) is 4.99. The number of rotatable bonds is 9. The van der Waals surface area contributed by atoms with Gasteiger partial charge in [-0.15, -0.1) is 0 Å². The first-order chi connectivity index (χ1) is 13.0. The standard InChI is InChI=1S/C23H27FO3/c1-4-6-17-8-10-21(22(24)14-17)20-9-7-18(11-12-25)13-19(20)15-27-23(26)16(3)5-2/h7-10,13-14,25H,3-6,11-12,15H2,1-2H3. The minimum Gasteiger partial charge on any atom is -0.457 e. The van der Waals surface area contributed by atoms with Crippen LogP contribution in [0, 0.1) is 5.82 Å². The Morgan fingerprint density at radius 2 is 1.74 bits per heavy atom. The van der Waals surface area contributed by atoms with Crippen molar-refractivity contribution in [1.82, 2.24) is 0 Å². The maximum Gasteiger partial charge on any atom is 0.333 e. The van der Waals surface area contributed by atoms with Crippen molar-refractivity contribution in [3.63, 3.8) is 0 Å².